The number of carbonyl (C=O) groups excluding carboxylic acids is 1. The van der Waals surface area contributed by atoms with Crippen LogP contribution in [0.5, 0.6) is 0 Å². The summed E-state index contributed by atoms with van der Waals surface area (Å²) < 4.78 is 0.261. The lowest BCUT2D eigenvalue weighted by atomic mass is 10.2. The third kappa shape index (κ3) is 3.76. The molecule has 1 amide bonds. The minimum atomic E-state index is -0.0937. The van der Waals surface area contributed by atoms with E-state index in [1.165, 1.54) is 12.8 Å². The molecule has 1 aliphatic carbocycles. The predicted octanol–water partition coefficient (Wildman–Crippen LogP) is 2.79. The molecule has 104 valence electrons. The van der Waals surface area contributed by atoms with Gasteiger partial charge >= 0.3 is 0 Å². The molecule has 6 heteroatoms. The summed E-state index contributed by atoms with van der Waals surface area (Å²) in [5, 5.41) is 6.36. The van der Waals surface area contributed by atoms with E-state index in [9.17, 15) is 4.79 Å². The third-order valence-corrected chi connectivity index (χ3v) is 4.84. The first-order valence-electron chi connectivity index (χ1n) is 6.33. The monoisotopic (exact) mass is 299 g/mol. The van der Waals surface area contributed by atoms with Gasteiger partial charge in [-0.25, -0.2) is 4.98 Å². The van der Waals surface area contributed by atoms with Crippen molar-refractivity contribution >= 4 is 35.1 Å². The number of halogens is 1. The molecule has 4 nitrogen and oxygen atoms in total. The third-order valence-electron chi connectivity index (χ3n) is 3.23. The van der Waals surface area contributed by atoms with E-state index in [4.69, 9.17) is 11.6 Å². The fourth-order valence-electron chi connectivity index (χ4n) is 1.84. The van der Waals surface area contributed by atoms with Crippen molar-refractivity contribution in [3.63, 3.8) is 0 Å². The Balaban J connectivity index is 2.01. The average molecular weight is 300 g/mol. The summed E-state index contributed by atoms with van der Waals surface area (Å²) in [7, 11) is 0. The van der Waals surface area contributed by atoms with Crippen LogP contribution in [0, 0.1) is 0 Å². The second-order valence-corrected chi connectivity index (χ2v) is 6.33. The van der Waals surface area contributed by atoms with E-state index in [0.29, 0.717) is 23.1 Å². The van der Waals surface area contributed by atoms with Gasteiger partial charge < -0.3 is 10.6 Å². The Hall–Kier alpha value is -0.940. The molecule has 0 aromatic carbocycles. The van der Waals surface area contributed by atoms with Crippen molar-refractivity contribution in [2.45, 2.75) is 24.5 Å². The van der Waals surface area contributed by atoms with Gasteiger partial charge in [-0.05, 0) is 38.2 Å². The zero-order chi connectivity index (χ0) is 13.9. The van der Waals surface area contributed by atoms with Gasteiger partial charge in [0.25, 0.3) is 5.91 Å². The van der Waals surface area contributed by atoms with Gasteiger partial charge in [0.2, 0.25) is 0 Å². The largest absolute Gasteiger partial charge is 0.370 e. The maximum Gasteiger partial charge on any atom is 0.251 e. The number of anilines is 1. The van der Waals surface area contributed by atoms with E-state index in [1.807, 2.05) is 18.7 Å². The van der Waals surface area contributed by atoms with Crippen molar-refractivity contribution in [2.75, 3.05) is 24.7 Å². The van der Waals surface area contributed by atoms with Gasteiger partial charge in [0.15, 0.2) is 0 Å². The molecule has 19 heavy (non-hydrogen) atoms. The second-order valence-electron chi connectivity index (χ2n) is 4.66. The normalized spacial score (nSPS) is 15.9. The number of thioether (sulfide) groups is 1. The summed E-state index contributed by atoms with van der Waals surface area (Å²) >= 11 is 7.75. The molecule has 0 aliphatic heterocycles. The minimum Gasteiger partial charge on any atom is -0.370 e. The molecule has 2 N–H and O–H groups in total. The number of aromatic nitrogens is 1. The summed E-state index contributed by atoms with van der Waals surface area (Å²) in [6.45, 7) is 3.42. The maximum atomic E-state index is 12.1. The van der Waals surface area contributed by atoms with E-state index < -0.39 is 0 Å². The van der Waals surface area contributed by atoms with Gasteiger partial charge in [-0.3, -0.25) is 4.79 Å². The molecule has 0 spiro atoms. The number of carbonyl (C=O) groups is 1. The quantitative estimate of drug-likeness (QED) is 0.793. The molecule has 1 heterocycles. The van der Waals surface area contributed by atoms with E-state index in [0.717, 1.165) is 6.54 Å². The molecule has 0 radical (unpaired) electrons. The minimum absolute atomic E-state index is 0.0937. The molecule has 1 saturated carbocycles. The van der Waals surface area contributed by atoms with E-state index in [2.05, 4.69) is 21.9 Å². The van der Waals surface area contributed by atoms with Crippen molar-refractivity contribution < 1.29 is 4.79 Å². The number of hydrogen-bond acceptors (Lipinski definition) is 4. The zero-order valence-electron chi connectivity index (χ0n) is 11.1. The highest BCUT2D eigenvalue weighted by molar-refractivity contribution is 8.00. The van der Waals surface area contributed by atoms with Crippen LogP contribution in [0.1, 0.15) is 30.1 Å². The Morgan fingerprint density at radius 2 is 2.26 bits per heavy atom. The summed E-state index contributed by atoms with van der Waals surface area (Å²) in [5.41, 5.74) is 0.549. The van der Waals surface area contributed by atoms with Crippen LogP contribution in [0.4, 0.5) is 5.82 Å². The Kier molecular flexibility index (Phi) is 4.58. The predicted molar refractivity (Wildman–Crippen MR) is 81.2 cm³/mol. The van der Waals surface area contributed by atoms with Gasteiger partial charge in [0.05, 0.1) is 0 Å². The molecule has 1 aromatic rings. The summed E-state index contributed by atoms with van der Waals surface area (Å²) in [4.78, 5) is 16.2. The van der Waals surface area contributed by atoms with Gasteiger partial charge in [0.1, 0.15) is 11.0 Å². The van der Waals surface area contributed by atoms with E-state index in [1.54, 1.807) is 12.1 Å². The topological polar surface area (TPSA) is 54.0 Å². The van der Waals surface area contributed by atoms with Crippen LogP contribution in [-0.2, 0) is 0 Å². The van der Waals surface area contributed by atoms with Crippen LogP contribution >= 0.6 is 23.4 Å². The highest BCUT2D eigenvalue weighted by Crippen LogP contribution is 2.46. The van der Waals surface area contributed by atoms with Crippen LogP contribution in [0.2, 0.25) is 5.15 Å². The molecule has 2 rings (SSSR count). The fraction of sp³-hybridized carbons (Fsp3) is 0.538. The van der Waals surface area contributed by atoms with Crippen LogP contribution in [0.25, 0.3) is 0 Å². The van der Waals surface area contributed by atoms with Crippen LogP contribution in [0.3, 0.4) is 0 Å². The van der Waals surface area contributed by atoms with E-state index >= 15 is 0 Å². The number of nitrogens with zero attached hydrogens (tertiary/aromatic N) is 1. The molecule has 0 unspecified atom stereocenters. The van der Waals surface area contributed by atoms with Gasteiger partial charge in [-0.1, -0.05) is 11.6 Å². The highest BCUT2D eigenvalue weighted by Gasteiger charge is 2.41. The van der Waals surface area contributed by atoms with Gasteiger partial charge in [-0.15, -0.1) is 0 Å². The van der Waals surface area contributed by atoms with Gasteiger partial charge in [-0.2, -0.15) is 11.8 Å². The molecule has 1 fully saturated rings. The Labute approximate surface area is 122 Å². The number of amides is 1. The van der Waals surface area contributed by atoms with Gasteiger partial charge in [0, 0.05) is 23.4 Å². The Bertz CT molecular complexity index is 477. The SMILES string of the molecule is CCNc1cc(C(=O)NCC2(SC)CC2)cc(Cl)n1. The maximum absolute atomic E-state index is 12.1. The molecule has 1 aromatic heterocycles. The summed E-state index contributed by atoms with van der Waals surface area (Å²) in [5.74, 6) is 0.537. The van der Waals surface area contributed by atoms with Crippen LogP contribution in [-0.4, -0.2) is 35.0 Å². The second kappa shape index (κ2) is 6.01. The smallest absolute Gasteiger partial charge is 0.251 e. The molecule has 0 saturated heterocycles. The first-order valence-corrected chi connectivity index (χ1v) is 7.93. The van der Waals surface area contributed by atoms with Crippen molar-refractivity contribution in [1.29, 1.82) is 0 Å². The van der Waals surface area contributed by atoms with Crippen molar-refractivity contribution in [1.82, 2.24) is 10.3 Å². The standard InChI is InChI=1S/C13H18ClN3OS/c1-3-15-11-7-9(6-10(14)17-11)12(18)16-8-13(19-2)4-5-13/h6-7H,3-5,8H2,1-2H3,(H,15,17)(H,16,18). The van der Waals surface area contributed by atoms with Crippen LogP contribution < -0.4 is 10.6 Å². The lowest BCUT2D eigenvalue weighted by molar-refractivity contribution is 0.0953. The fourth-order valence-corrected chi connectivity index (χ4v) is 2.77. The Morgan fingerprint density at radius 1 is 1.53 bits per heavy atom. The molecular weight excluding hydrogens is 282 g/mol. The number of pyridine rings is 1. The molecule has 0 atom stereocenters. The first kappa shape index (κ1) is 14.5. The van der Waals surface area contributed by atoms with Crippen molar-refractivity contribution in [3.05, 3.63) is 22.8 Å². The Morgan fingerprint density at radius 3 is 2.84 bits per heavy atom. The number of rotatable bonds is 6. The highest BCUT2D eigenvalue weighted by atomic mass is 35.5. The zero-order valence-corrected chi connectivity index (χ0v) is 12.7. The first-order chi connectivity index (χ1) is 9.08. The lowest BCUT2D eigenvalue weighted by Gasteiger charge is -2.13. The summed E-state index contributed by atoms with van der Waals surface area (Å²) in [6, 6.07) is 3.32. The van der Waals surface area contributed by atoms with E-state index in [-0.39, 0.29) is 10.7 Å². The van der Waals surface area contributed by atoms with Crippen molar-refractivity contribution in [3.8, 4) is 0 Å². The molecular formula is C13H18ClN3OS. The molecule has 1 aliphatic rings. The van der Waals surface area contributed by atoms with Crippen molar-refractivity contribution in [2.24, 2.45) is 0 Å². The van der Waals surface area contributed by atoms with Crippen LogP contribution in [0.15, 0.2) is 12.1 Å². The lowest BCUT2D eigenvalue weighted by Crippen LogP contribution is -2.31. The summed E-state index contributed by atoms with van der Waals surface area (Å²) in [6.07, 6.45) is 4.44. The number of hydrogen-bond donors (Lipinski definition) is 2. The molecule has 0 bridgehead atoms. The number of nitrogens with one attached hydrogen (secondary N) is 2. The average Bonchev–Trinajstić information content (AvgIpc) is 3.16.